The number of amides is 2. The van der Waals surface area contributed by atoms with Gasteiger partial charge in [-0.1, -0.05) is 54.6 Å². The summed E-state index contributed by atoms with van der Waals surface area (Å²) in [7, 11) is 1.59. The molecule has 0 N–H and O–H groups in total. The molecule has 2 bridgehead atoms. The van der Waals surface area contributed by atoms with Gasteiger partial charge in [-0.25, -0.2) is 0 Å². The average Bonchev–Trinajstić information content (AvgIpc) is 3.56. The van der Waals surface area contributed by atoms with E-state index in [0.29, 0.717) is 18.1 Å². The van der Waals surface area contributed by atoms with Crippen LogP contribution in [-0.4, -0.2) is 30.1 Å². The third kappa shape index (κ3) is 3.73. The number of allylic oxidation sites excluding steroid dienone is 2. The third-order valence-corrected chi connectivity index (χ3v) is 8.07. The average molecular weight is 578 g/mol. The third-order valence-electron chi connectivity index (χ3n) is 7.27. The maximum Gasteiger partial charge on any atom is 0.254 e. The van der Waals surface area contributed by atoms with E-state index in [1.165, 1.54) is 5.39 Å². The summed E-state index contributed by atoms with van der Waals surface area (Å²) in [6.07, 6.45) is 6.61. The standard InChI is InChI=1S/C28H23IN2O4/c1-34-23-12-16(14-30-31-27(32)24-18-9-10-19(13-18)25(24)28(31)33)11-22(29)26(23)35-15-20-7-4-6-17-5-2-3-8-21(17)20/h2-12,14,18-19,24-25H,13,15H2,1H3/b30-14-/t18-,19-,24-,25+/m0/s1. The molecule has 3 aliphatic rings. The highest BCUT2D eigenvalue weighted by Crippen LogP contribution is 2.52. The molecule has 3 aromatic carbocycles. The Bertz CT molecular complexity index is 1380. The van der Waals surface area contributed by atoms with Gasteiger partial charge in [0.15, 0.2) is 11.5 Å². The first-order chi connectivity index (χ1) is 17.0. The highest BCUT2D eigenvalue weighted by atomic mass is 127. The molecule has 2 aliphatic carbocycles. The highest BCUT2D eigenvalue weighted by molar-refractivity contribution is 14.1. The van der Waals surface area contributed by atoms with Crippen LogP contribution in [0.5, 0.6) is 11.5 Å². The van der Waals surface area contributed by atoms with Gasteiger partial charge >= 0.3 is 0 Å². The van der Waals surface area contributed by atoms with Gasteiger partial charge in [0, 0.05) is 0 Å². The summed E-state index contributed by atoms with van der Waals surface area (Å²) in [4.78, 5) is 25.8. The first kappa shape index (κ1) is 22.3. The van der Waals surface area contributed by atoms with Crippen LogP contribution in [0.25, 0.3) is 10.8 Å². The summed E-state index contributed by atoms with van der Waals surface area (Å²) >= 11 is 2.20. The monoisotopic (exact) mass is 578 g/mol. The molecule has 1 saturated heterocycles. The van der Waals surface area contributed by atoms with Crippen LogP contribution < -0.4 is 9.47 Å². The van der Waals surface area contributed by atoms with Gasteiger partial charge in [-0.2, -0.15) is 10.1 Å². The van der Waals surface area contributed by atoms with E-state index in [4.69, 9.17) is 9.47 Å². The molecule has 0 aromatic heterocycles. The van der Waals surface area contributed by atoms with Gasteiger partial charge in [0.25, 0.3) is 11.8 Å². The van der Waals surface area contributed by atoms with Gasteiger partial charge in [-0.05, 0) is 74.9 Å². The first-order valence-corrected chi connectivity index (χ1v) is 12.7. The Morgan fingerprint density at radius 1 is 1.03 bits per heavy atom. The van der Waals surface area contributed by atoms with Gasteiger partial charge in [-0.3, -0.25) is 9.59 Å². The smallest absolute Gasteiger partial charge is 0.254 e. The fourth-order valence-electron chi connectivity index (χ4n) is 5.65. The van der Waals surface area contributed by atoms with Crippen molar-refractivity contribution in [1.29, 1.82) is 0 Å². The molecule has 2 fully saturated rings. The number of ether oxygens (including phenoxy) is 2. The van der Waals surface area contributed by atoms with Crippen molar-refractivity contribution in [2.45, 2.75) is 13.0 Å². The Kier molecular flexibility index (Phi) is 5.59. The van der Waals surface area contributed by atoms with Crippen LogP contribution in [0.15, 0.2) is 71.9 Å². The quantitative estimate of drug-likeness (QED) is 0.175. The molecule has 3 aromatic rings. The van der Waals surface area contributed by atoms with E-state index in [2.05, 4.69) is 64.1 Å². The lowest BCUT2D eigenvalue weighted by atomic mass is 9.85. The SMILES string of the molecule is COc1cc(/C=N\N2C(=O)[C@@H]3[C@H](C2=O)[C@H]2C=C[C@H]3C2)cc(I)c1OCc1cccc2ccccc12. The van der Waals surface area contributed by atoms with Gasteiger partial charge in [0.05, 0.1) is 28.7 Å². The topological polar surface area (TPSA) is 68.2 Å². The molecule has 176 valence electrons. The minimum atomic E-state index is -0.255. The molecule has 1 aliphatic heterocycles. The molecule has 1 heterocycles. The predicted octanol–water partition coefficient (Wildman–Crippen LogP) is 5.17. The number of carbonyl (C=O) groups is 2. The number of fused-ring (bicyclic) bond motifs is 6. The van der Waals surface area contributed by atoms with Gasteiger partial charge in [0.2, 0.25) is 0 Å². The van der Waals surface area contributed by atoms with Crippen LogP contribution in [0.4, 0.5) is 0 Å². The second-order valence-corrected chi connectivity index (χ2v) is 10.4. The number of methoxy groups -OCH3 is 1. The van der Waals surface area contributed by atoms with E-state index in [-0.39, 0.29) is 35.5 Å². The Morgan fingerprint density at radius 3 is 2.49 bits per heavy atom. The molecule has 6 nitrogen and oxygen atoms in total. The molecule has 1 saturated carbocycles. The van der Waals surface area contributed by atoms with Crippen molar-refractivity contribution in [2.24, 2.45) is 28.8 Å². The van der Waals surface area contributed by atoms with Crippen molar-refractivity contribution >= 4 is 51.4 Å². The Hall–Kier alpha value is -3.20. The molecule has 35 heavy (non-hydrogen) atoms. The van der Waals surface area contributed by atoms with E-state index >= 15 is 0 Å². The molecule has 4 atom stereocenters. The zero-order chi connectivity index (χ0) is 24.1. The van der Waals surface area contributed by atoms with E-state index in [9.17, 15) is 9.59 Å². The molecule has 0 unspecified atom stereocenters. The molecular formula is C28H23IN2O4. The zero-order valence-corrected chi connectivity index (χ0v) is 21.2. The summed E-state index contributed by atoms with van der Waals surface area (Å²) in [5, 5.41) is 7.67. The van der Waals surface area contributed by atoms with E-state index in [1.54, 1.807) is 19.4 Å². The largest absolute Gasteiger partial charge is 0.493 e. The van der Waals surface area contributed by atoms with Crippen LogP contribution in [0.3, 0.4) is 0 Å². The fraction of sp³-hybridized carbons (Fsp3) is 0.250. The molecule has 0 spiro atoms. The number of benzene rings is 3. The highest BCUT2D eigenvalue weighted by Gasteiger charge is 2.59. The molecule has 0 radical (unpaired) electrons. The molecule has 6 rings (SSSR count). The lowest BCUT2D eigenvalue weighted by Crippen LogP contribution is -2.28. The van der Waals surface area contributed by atoms with Crippen molar-refractivity contribution in [3.63, 3.8) is 0 Å². The Balaban J connectivity index is 1.22. The normalized spacial score (nSPS) is 24.7. The van der Waals surface area contributed by atoms with Crippen molar-refractivity contribution < 1.29 is 19.1 Å². The minimum absolute atomic E-state index is 0.167. The number of nitrogens with zero attached hydrogens (tertiary/aromatic N) is 2. The predicted molar refractivity (Wildman–Crippen MR) is 141 cm³/mol. The number of hydrogen-bond acceptors (Lipinski definition) is 5. The maximum atomic E-state index is 12.9. The molecular weight excluding hydrogens is 555 g/mol. The van der Waals surface area contributed by atoms with Gasteiger partial charge < -0.3 is 9.47 Å². The van der Waals surface area contributed by atoms with Crippen molar-refractivity contribution in [2.75, 3.05) is 7.11 Å². The van der Waals surface area contributed by atoms with Crippen LogP contribution in [0.1, 0.15) is 17.5 Å². The number of imide groups is 1. The Morgan fingerprint density at radius 2 is 1.74 bits per heavy atom. The summed E-state index contributed by atoms with van der Waals surface area (Å²) in [6.45, 7) is 0.400. The molecule has 7 heteroatoms. The van der Waals surface area contributed by atoms with Gasteiger partial charge in [0.1, 0.15) is 6.61 Å². The number of halogens is 1. The summed E-state index contributed by atoms with van der Waals surface area (Å²) in [6, 6.07) is 18.1. The summed E-state index contributed by atoms with van der Waals surface area (Å²) < 4.78 is 12.7. The lowest BCUT2D eigenvalue weighted by molar-refractivity contribution is -0.140. The minimum Gasteiger partial charge on any atom is -0.493 e. The van der Waals surface area contributed by atoms with E-state index < -0.39 is 0 Å². The maximum absolute atomic E-state index is 12.9. The second kappa shape index (κ2) is 8.78. The summed E-state index contributed by atoms with van der Waals surface area (Å²) in [5.41, 5.74) is 1.81. The second-order valence-electron chi connectivity index (χ2n) is 9.19. The number of rotatable bonds is 6. The number of hydrogen-bond donors (Lipinski definition) is 0. The van der Waals surface area contributed by atoms with E-state index in [0.717, 1.165) is 31.5 Å². The fourth-order valence-corrected chi connectivity index (χ4v) is 6.43. The van der Waals surface area contributed by atoms with Crippen LogP contribution >= 0.6 is 22.6 Å². The zero-order valence-electron chi connectivity index (χ0n) is 19.1. The summed E-state index contributed by atoms with van der Waals surface area (Å²) in [5.74, 6) is 0.653. The van der Waals surface area contributed by atoms with Crippen molar-refractivity contribution in [3.8, 4) is 11.5 Å². The van der Waals surface area contributed by atoms with E-state index in [1.807, 2.05) is 24.3 Å². The molecule has 2 amide bonds. The van der Waals surface area contributed by atoms with Crippen molar-refractivity contribution in [1.82, 2.24) is 5.01 Å². The van der Waals surface area contributed by atoms with Crippen molar-refractivity contribution in [3.05, 3.63) is 81.4 Å². The van der Waals surface area contributed by atoms with Crippen LogP contribution in [-0.2, 0) is 16.2 Å². The number of carbonyl (C=O) groups excluding carboxylic acids is 2. The number of hydrazone groups is 1. The lowest BCUT2D eigenvalue weighted by Gasteiger charge is -2.15. The van der Waals surface area contributed by atoms with Crippen LogP contribution in [0, 0.1) is 27.2 Å². The van der Waals surface area contributed by atoms with Gasteiger partial charge in [-0.15, -0.1) is 0 Å². The first-order valence-electron chi connectivity index (χ1n) is 11.6. The van der Waals surface area contributed by atoms with Crippen LogP contribution in [0.2, 0.25) is 0 Å². The Labute approximate surface area is 216 Å².